The fourth-order valence-electron chi connectivity index (χ4n) is 2.31. The van der Waals surface area contributed by atoms with E-state index in [0.29, 0.717) is 11.7 Å². The number of nitrogens with zero attached hydrogens (tertiary/aromatic N) is 2. The molecule has 0 amide bonds. The van der Waals surface area contributed by atoms with Crippen LogP contribution in [0.1, 0.15) is 24.4 Å². The number of nitrogens with two attached hydrogens (primary N) is 1. The van der Waals surface area contributed by atoms with Gasteiger partial charge in [-0.3, -0.25) is 0 Å². The lowest BCUT2D eigenvalue weighted by Crippen LogP contribution is -2.04. The molecule has 1 unspecified atom stereocenters. The second kappa shape index (κ2) is 6.58. The van der Waals surface area contributed by atoms with Crippen LogP contribution in [0.2, 0.25) is 0 Å². The minimum Gasteiger partial charge on any atom is -0.439 e. The molecule has 0 fully saturated rings. The number of hydrogen-bond acceptors (Lipinski definition) is 4. The zero-order valence-electron chi connectivity index (χ0n) is 13.2. The molecule has 0 radical (unpaired) electrons. The minimum atomic E-state index is 0.00929. The van der Waals surface area contributed by atoms with E-state index in [2.05, 4.69) is 9.97 Å². The predicted molar refractivity (Wildman–Crippen MR) is 91.3 cm³/mol. The molecule has 3 aromatic rings. The van der Waals surface area contributed by atoms with Gasteiger partial charge in [0.25, 0.3) is 0 Å². The zero-order chi connectivity index (χ0) is 16.2. The maximum Gasteiger partial charge on any atom is 0.223 e. The number of rotatable bonds is 4. The maximum absolute atomic E-state index is 5.86. The first-order valence-corrected chi connectivity index (χ1v) is 7.56. The van der Waals surface area contributed by atoms with Crippen LogP contribution >= 0.6 is 0 Å². The van der Waals surface area contributed by atoms with Gasteiger partial charge in [0.2, 0.25) is 5.88 Å². The van der Waals surface area contributed by atoms with Gasteiger partial charge in [0.1, 0.15) is 11.6 Å². The van der Waals surface area contributed by atoms with Gasteiger partial charge in [0, 0.05) is 17.7 Å². The van der Waals surface area contributed by atoms with E-state index in [-0.39, 0.29) is 6.04 Å². The molecule has 1 aromatic heterocycles. The Hall–Kier alpha value is -2.72. The van der Waals surface area contributed by atoms with Crippen molar-refractivity contribution < 1.29 is 4.74 Å². The number of ether oxygens (including phenoxy) is 1. The number of benzene rings is 2. The summed E-state index contributed by atoms with van der Waals surface area (Å²) >= 11 is 0. The van der Waals surface area contributed by atoms with E-state index in [1.54, 1.807) is 0 Å². The lowest BCUT2D eigenvalue weighted by Gasteiger charge is -2.10. The fourth-order valence-corrected chi connectivity index (χ4v) is 2.31. The van der Waals surface area contributed by atoms with Crippen molar-refractivity contribution in [3.05, 3.63) is 72.1 Å². The molecular formula is C19H19N3O. The van der Waals surface area contributed by atoms with E-state index < -0.39 is 0 Å². The van der Waals surface area contributed by atoms with Gasteiger partial charge < -0.3 is 10.5 Å². The molecule has 0 aliphatic rings. The third-order valence-electron chi connectivity index (χ3n) is 3.51. The highest BCUT2D eigenvalue weighted by molar-refractivity contribution is 5.60. The normalized spacial score (nSPS) is 12.0. The van der Waals surface area contributed by atoms with Crippen molar-refractivity contribution in [3.63, 3.8) is 0 Å². The molecule has 116 valence electrons. The van der Waals surface area contributed by atoms with E-state index >= 15 is 0 Å². The van der Waals surface area contributed by atoms with Crippen molar-refractivity contribution in [2.75, 3.05) is 0 Å². The Morgan fingerprint density at radius 3 is 2.30 bits per heavy atom. The molecule has 4 heteroatoms. The summed E-state index contributed by atoms with van der Waals surface area (Å²) in [5.74, 6) is 1.94. The molecule has 0 spiro atoms. The Balaban J connectivity index is 1.87. The van der Waals surface area contributed by atoms with Crippen molar-refractivity contribution in [2.45, 2.75) is 19.9 Å². The van der Waals surface area contributed by atoms with Crippen LogP contribution in [0.4, 0.5) is 0 Å². The van der Waals surface area contributed by atoms with Gasteiger partial charge in [-0.15, -0.1) is 0 Å². The second-order valence-electron chi connectivity index (χ2n) is 5.46. The lowest BCUT2D eigenvalue weighted by molar-refractivity contribution is 0.460. The van der Waals surface area contributed by atoms with E-state index in [9.17, 15) is 0 Å². The van der Waals surface area contributed by atoms with Crippen LogP contribution in [0.3, 0.4) is 0 Å². The molecule has 4 nitrogen and oxygen atoms in total. The smallest absolute Gasteiger partial charge is 0.223 e. The van der Waals surface area contributed by atoms with Crippen molar-refractivity contribution in [1.82, 2.24) is 9.97 Å². The first kappa shape index (κ1) is 15.2. The van der Waals surface area contributed by atoms with Gasteiger partial charge in [0.05, 0.1) is 5.69 Å². The molecule has 0 aliphatic carbocycles. The lowest BCUT2D eigenvalue weighted by atomic mass is 10.1. The molecule has 0 bridgehead atoms. The van der Waals surface area contributed by atoms with Gasteiger partial charge in [-0.05, 0) is 31.5 Å². The summed E-state index contributed by atoms with van der Waals surface area (Å²) in [7, 11) is 0. The summed E-state index contributed by atoms with van der Waals surface area (Å²) in [5, 5.41) is 0. The molecule has 0 aliphatic heterocycles. The van der Waals surface area contributed by atoms with E-state index in [0.717, 1.165) is 22.6 Å². The Labute approximate surface area is 136 Å². The van der Waals surface area contributed by atoms with Crippen LogP contribution in [0.25, 0.3) is 11.3 Å². The molecule has 3 rings (SSSR count). The molecular weight excluding hydrogens is 286 g/mol. The number of aryl methyl sites for hydroxylation is 1. The SMILES string of the molecule is Cc1nc(Oc2ccc(C(C)N)cc2)cc(-c2ccccc2)n1. The first-order valence-electron chi connectivity index (χ1n) is 7.56. The monoisotopic (exact) mass is 305 g/mol. The highest BCUT2D eigenvalue weighted by Crippen LogP contribution is 2.25. The summed E-state index contributed by atoms with van der Waals surface area (Å²) in [5.41, 5.74) is 8.81. The largest absolute Gasteiger partial charge is 0.439 e. The van der Waals surface area contributed by atoms with Crippen LogP contribution < -0.4 is 10.5 Å². The minimum absolute atomic E-state index is 0.00929. The first-order chi connectivity index (χ1) is 11.1. The van der Waals surface area contributed by atoms with Crippen molar-refractivity contribution in [3.8, 4) is 22.9 Å². The zero-order valence-corrected chi connectivity index (χ0v) is 13.2. The summed E-state index contributed by atoms with van der Waals surface area (Å²) in [4.78, 5) is 8.83. The average molecular weight is 305 g/mol. The topological polar surface area (TPSA) is 61.0 Å². The predicted octanol–water partition coefficient (Wildman–Crippen LogP) is 4.26. The molecule has 0 saturated heterocycles. The van der Waals surface area contributed by atoms with Crippen LogP contribution in [0.5, 0.6) is 11.6 Å². The van der Waals surface area contributed by atoms with Crippen molar-refractivity contribution >= 4 is 0 Å². The quantitative estimate of drug-likeness (QED) is 0.782. The molecule has 2 aromatic carbocycles. The highest BCUT2D eigenvalue weighted by Gasteiger charge is 2.07. The van der Waals surface area contributed by atoms with Gasteiger partial charge in [-0.1, -0.05) is 42.5 Å². The summed E-state index contributed by atoms with van der Waals surface area (Å²) in [6.45, 7) is 3.81. The van der Waals surface area contributed by atoms with E-state index in [4.69, 9.17) is 10.5 Å². The summed E-state index contributed by atoms with van der Waals surface area (Å²) < 4.78 is 5.86. The third-order valence-corrected chi connectivity index (χ3v) is 3.51. The summed E-state index contributed by atoms with van der Waals surface area (Å²) in [6.07, 6.45) is 0. The average Bonchev–Trinajstić information content (AvgIpc) is 2.55. The number of aromatic nitrogens is 2. The Bertz CT molecular complexity index is 783. The standard InChI is InChI=1S/C19H19N3O/c1-13(20)15-8-10-17(11-9-15)23-19-12-18(21-14(2)22-19)16-6-4-3-5-7-16/h3-13H,20H2,1-2H3. The second-order valence-corrected chi connectivity index (χ2v) is 5.46. The van der Waals surface area contributed by atoms with Gasteiger partial charge in [-0.2, -0.15) is 4.98 Å². The van der Waals surface area contributed by atoms with Gasteiger partial charge in [0.15, 0.2) is 0 Å². The highest BCUT2D eigenvalue weighted by atomic mass is 16.5. The maximum atomic E-state index is 5.86. The Kier molecular flexibility index (Phi) is 4.35. The molecule has 0 saturated carbocycles. The van der Waals surface area contributed by atoms with E-state index in [1.807, 2.05) is 74.5 Å². The van der Waals surface area contributed by atoms with Crippen LogP contribution in [-0.2, 0) is 0 Å². The fraction of sp³-hybridized carbons (Fsp3) is 0.158. The Morgan fingerprint density at radius 2 is 1.65 bits per heavy atom. The van der Waals surface area contributed by atoms with E-state index in [1.165, 1.54) is 0 Å². The van der Waals surface area contributed by atoms with Crippen molar-refractivity contribution in [2.24, 2.45) is 5.73 Å². The van der Waals surface area contributed by atoms with Crippen LogP contribution in [-0.4, -0.2) is 9.97 Å². The molecule has 1 atom stereocenters. The molecule has 1 heterocycles. The van der Waals surface area contributed by atoms with Gasteiger partial charge >= 0.3 is 0 Å². The van der Waals surface area contributed by atoms with Gasteiger partial charge in [-0.25, -0.2) is 4.98 Å². The van der Waals surface area contributed by atoms with Crippen molar-refractivity contribution in [1.29, 1.82) is 0 Å². The Morgan fingerprint density at radius 1 is 0.957 bits per heavy atom. The van der Waals surface area contributed by atoms with Crippen LogP contribution in [0, 0.1) is 6.92 Å². The molecule has 2 N–H and O–H groups in total. The summed E-state index contributed by atoms with van der Waals surface area (Å²) in [6, 6.07) is 19.6. The third kappa shape index (κ3) is 3.73. The number of hydrogen-bond donors (Lipinski definition) is 1. The molecule has 23 heavy (non-hydrogen) atoms. The van der Waals surface area contributed by atoms with Crippen LogP contribution in [0.15, 0.2) is 60.7 Å².